The first-order valence-electron chi connectivity index (χ1n) is 11.3. The maximum absolute atomic E-state index is 14.5. The van der Waals surface area contributed by atoms with Crippen molar-refractivity contribution >= 4 is 46.3 Å². The number of thioether (sulfide) groups is 1. The lowest BCUT2D eigenvalue weighted by atomic mass is 10.0. The molecular formula is C25H24F2N2O5S2. The van der Waals surface area contributed by atoms with Crippen LogP contribution < -0.4 is 4.74 Å². The lowest BCUT2D eigenvalue weighted by Gasteiger charge is -2.26. The quantitative estimate of drug-likeness (QED) is 0.382. The van der Waals surface area contributed by atoms with E-state index in [0.29, 0.717) is 48.1 Å². The van der Waals surface area contributed by atoms with Crippen LogP contribution in [0.4, 0.5) is 8.78 Å². The Kier molecular flexibility index (Phi) is 8.68. The van der Waals surface area contributed by atoms with Crippen LogP contribution in [0.3, 0.4) is 0 Å². The molecule has 190 valence electrons. The molecule has 0 saturated carbocycles. The number of carboxylic acid groups (broad SMARTS) is 1. The minimum atomic E-state index is -1.03. The van der Waals surface area contributed by atoms with Gasteiger partial charge in [0, 0.05) is 43.4 Å². The molecule has 1 N–H and O–H groups in total. The molecular weight excluding hydrogens is 510 g/mol. The minimum absolute atomic E-state index is 0.0267. The van der Waals surface area contributed by atoms with Crippen molar-refractivity contribution in [2.24, 2.45) is 0 Å². The average Bonchev–Trinajstić information content (AvgIpc) is 3.11. The fourth-order valence-corrected chi connectivity index (χ4v) is 5.13. The van der Waals surface area contributed by atoms with Crippen LogP contribution in [0.2, 0.25) is 0 Å². The summed E-state index contributed by atoms with van der Waals surface area (Å²) in [6.45, 7) is 4.04. The first-order valence-corrected chi connectivity index (χ1v) is 12.5. The van der Waals surface area contributed by atoms with E-state index in [2.05, 4.69) is 4.90 Å². The number of carboxylic acids is 1. The van der Waals surface area contributed by atoms with Crippen molar-refractivity contribution < 1.29 is 33.0 Å². The van der Waals surface area contributed by atoms with E-state index in [-0.39, 0.29) is 22.8 Å². The second-order valence-corrected chi connectivity index (χ2v) is 9.83. The van der Waals surface area contributed by atoms with Crippen LogP contribution in [0, 0.1) is 11.6 Å². The van der Waals surface area contributed by atoms with Gasteiger partial charge in [0.15, 0.2) is 0 Å². The lowest BCUT2D eigenvalue weighted by molar-refractivity contribution is -0.137. The second-order valence-electron chi connectivity index (χ2n) is 8.16. The highest BCUT2D eigenvalue weighted by Gasteiger charge is 2.32. The van der Waals surface area contributed by atoms with Gasteiger partial charge in [-0.1, -0.05) is 30.0 Å². The zero-order valence-electron chi connectivity index (χ0n) is 19.2. The van der Waals surface area contributed by atoms with Crippen molar-refractivity contribution in [3.8, 4) is 16.9 Å². The molecule has 0 aliphatic carbocycles. The monoisotopic (exact) mass is 534 g/mol. The average molecular weight is 535 g/mol. The number of aliphatic carboxylic acids is 1. The molecule has 0 bridgehead atoms. The Morgan fingerprint density at radius 1 is 1.17 bits per heavy atom. The van der Waals surface area contributed by atoms with Crippen molar-refractivity contribution in [3.05, 3.63) is 58.5 Å². The largest absolute Gasteiger partial charge is 0.492 e. The van der Waals surface area contributed by atoms with Crippen molar-refractivity contribution in [1.82, 2.24) is 9.80 Å². The molecule has 4 rings (SSSR count). The maximum Gasteiger partial charge on any atom is 0.305 e. The number of hydrogen-bond donors (Lipinski definition) is 1. The fraction of sp³-hybridized carbons (Fsp3) is 0.320. The van der Waals surface area contributed by atoms with Gasteiger partial charge in [-0.2, -0.15) is 0 Å². The van der Waals surface area contributed by atoms with Crippen molar-refractivity contribution in [2.75, 3.05) is 46.0 Å². The van der Waals surface area contributed by atoms with Gasteiger partial charge < -0.3 is 14.6 Å². The SMILES string of the molecule is O=C(O)CCN1C(=O)C(=Cc2cc(-c3ccc(F)cc3F)ccc2OCCN2CCOCC2)SC1=S. The molecule has 2 aromatic rings. The Labute approximate surface area is 216 Å². The van der Waals surface area contributed by atoms with Gasteiger partial charge in [-0.25, -0.2) is 8.78 Å². The second kappa shape index (κ2) is 11.9. The molecule has 2 fully saturated rings. The summed E-state index contributed by atoms with van der Waals surface area (Å²) in [5, 5.41) is 8.96. The zero-order chi connectivity index (χ0) is 25.7. The van der Waals surface area contributed by atoms with Crippen LogP contribution in [0.5, 0.6) is 5.75 Å². The molecule has 0 radical (unpaired) electrons. The lowest BCUT2D eigenvalue weighted by Crippen LogP contribution is -2.38. The van der Waals surface area contributed by atoms with E-state index in [1.54, 1.807) is 24.3 Å². The smallest absolute Gasteiger partial charge is 0.305 e. The summed E-state index contributed by atoms with van der Waals surface area (Å²) >= 11 is 6.34. The third kappa shape index (κ3) is 6.47. The van der Waals surface area contributed by atoms with Crippen LogP contribution in [-0.4, -0.2) is 77.1 Å². The number of halogens is 2. The number of thiocarbonyl (C=S) groups is 1. The highest BCUT2D eigenvalue weighted by atomic mass is 32.2. The zero-order valence-corrected chi connectivity index (χ0v) is 20.9. The van der Waals surface area contributed by atoms with Gasteiger partial charge in [0.05, 0.1) is 24.5 Å². The van der Waals surface area contributed by atoms with Gasteiger partial charge in [-0.15, -0.1) is 0 Å². The predicted molar refractivity (Wildman–Crippen MR) is 137 cm³/mol. The molecule has 2 aliphatic heterocycles. The number of amides is 1. The third-order valence-corrected chi connectivity index (χ3v) is 7.11. The van der Waals surface area contributed by atoms with E-state index in [9.17, 15) is 18.4 Å². The van der Waals surface area contributed by atoms with E-state index >= 15 is 0 Å². The topological polar surface area (TPSA) is 79.3 Å². The summed E-state index contributed by atoms with van der Waals surface area (Å²) in [5.74, 6) is -2.32. The number of carbonyl (C=O) groups is 2. The van der Waals surface area contributed by atoms with Gasteiger partial charge in [0.1, 0.15) is 28.3 Å². The minimum Gasteiger partial charge on any atom is -0.492 e. The van der Waals surface area contributed by atoms with Crippen LogP contribution in [-0.2, 0) is 14.3 Å². The highest BCUT2D eigenvalue weighted by molar-refractivity contribution is 8.26. The Bertz CT molecular complexity index is 1200. The first-order chi connectivity index (χ1) is 17.3. The molecule has 0 unspecified atom stereocenters. The van der Waals surface area contributed by atoms with Gasteiger partial charge in [0.2, 0.25) is 0 Å². The Morgan fingerprint density at radius 2 is 1.94 bits per heavy atom. The predicted octanol–water partition coefficient (Wildman–Crippen LogP) is 4.02. The summed E-state index contributed by atoms with van der Waals surface area (Å²) in [5.41, 5.74) is 1.22. The number of nitrogens with zero attached hydrogens (tertiary/aromatic N) is 2. The van der Waals surface area contributed by atoms with Crippen molar-refractivity contribution in [1.29, 1.82) is 0 Å². The number of rotatable bonds is 9. The van der Waals surface area contributed by atoms with Crippen LogP contribution in [0.25, 0.3) is 17.2 Å². The summed E-state index contributed by atoms with van der Waals surface area (Å²) in [4.78, 5) is 27.6. The fourth-order valence-electron chi connectivity index (χ4n) is 3.83. The van der Waals surface area contributed by atoms with Crippen LogP contribution in [0.1, 0.15) is 12.0 Å². The Balaban J connectivity index is 1.61. The summed E-state index contributed by atoms with van der Waals surface area (Å²) in [6.07, 6.45) is 1.38. The molecule has 2 heterocycles. The molecule has 2 saturated heterocycles. The van der Waals surface area contributed by atoms with E-state index in [0.717, 1.165) is 30.9 Å². The number of ether oxygens (including phenoxy) is 2. The molecule has 0 atom stereocenters. The van der Waals surface area contributed by atoms with Crippen LogP contribution in [0.15, 0.2) is 41.3 Å². The van der Waals surface area contributed by atoms with Crippen molar-refractivity contribution in [3.63, 3.8) is 0 Å². The van der Waals surface area contributed by atoms with Gasteiger partial charge in [-0.3, -0.25) is 19.4 Å². The third-order valence-electron chi connectivity index (χ3n) is 5.73. The molecule has 0 aromatic heterocycles. The number of hydrogen-bond acceptors (Lipinski definition) is 7. The molecule has 36 heavy (non-hydrogen) atoms. The van der Waals surface area contributed by atoms with Crippen LogP contribution >= 0.6 is 24.0 Å². The number of morpholine rings is 1. The van der Waals surface area contributed by atoms with E-state index in [1.807, 2.05) is 0 Å². The molecule has 7 nitrogen and oxygen atoms in total. The van der Waals surface area contributed by atoms with Gasteiger partial charge in [-0.05, 0) is 35.9 Å². The highest BCUT2D eigenvalue weighted by Crippen LogP contribution is 2.36. The van der Waals surface area contributed by atoms with E-state index < -0.39 is 23.5 Å². The van der Waals surface area contributed by atoms with Gasteiger partial charge in [0.25, 0.3) is 5.91 Å². The summed E-state index contributed by atoms with van der Waals surface area (Å²) in [7, 11) is 0. The first kappa shape index (κ1) is 26.2. The normalized spacial score (nSPS) is 17.7. The van der Waals surface area contributed by atoms with Gasteiger partial charge >= 0.3 is 5.97 Å². The Hall–Kier alpha value is -2.86. The van der Waals surface area contributed by atoms with E-state index in [1.165, 1.54) is 17.0 Å². The van der Waals surface area contributed by atoms with E-state index in [4.69, 9.17) is 26.8 Å². The van der Waals surface area contributed by atoms with Crippen molar-refractivity contribution in [2.45, 2.75) is 6.42 Å². The molecule has 11 heteroatoms. The molecule has 1 amide bonds. The molecule has 2 aliphatic rings. The summed E-state index contributed by atoms with van der Waals surface area (Å²) in [6, 6.07) is 8.39. The number of carbonyl (C=O) groups excluding carboxylic acids is 1. The maximum atomic E-state index is 14.5. The number of benzene rings is 2. The summed E-state index contributed by atoms with van der Waals surface area (Å²) < 4.78 is 39.5. The Morgan fingerprint density at radius 3 is 2.67 bits per heavy atom. The molecule has 2 aromatic carbocycles. The molecule has 0 spiro atoms. The standard InChI is InChI=1S/C25H24F2N2O5S2/c26-18-2-3-19(20(27)15-18)16-1-4-21(34-12-9-28-7-10-33-11-8-28)17(13-16)14-22-24(32)29(25(35)36-22)6-5-23(30)31/h1-4,13-15H,5-12H2,(H,30,31).